The second-order valence-corrected chi connectivity index (χ2v) is 5.50. The Morgan fingerprint density at radius 2 is 2.50 bits per heavy atom. The second kappa shape index (κ2) is 5.11. The van der Waals surface area contributed by atoms with E-state index in [0.29, 0.717) is 5.92 Å². The van der Waals surface area contributed by atoms with Crippen molar-refractivity contribution in [2.75, 3.05) is 0 Å². The van der Waals surface area contributed by atoms with Crippen molar-refractivity contribution in [1.82, 2.24) is 9.78 Å². The van der Waals surface area contributed by atoms with Gasteiger partial charge in [-0.25, -0.2) is 0 Å². The molecule has 0 amide bonds. The van der Waals surface area contributed by atoms with E-state index < -0.39 is 11.5 Å². The molecule has 1 aromatic heterocycles. The van der Waals surface area contributed by atoms with Crippen LogP contribution in [0, 0.1) is 22.7 Å². The van der Waals surface area contributed by atoms with Gasteiger partial charge >= 0.3 is 0 Å². The van der Waals surface area contributed by atoms with E-state index in [1.807, 2.05) is 10.7 Å². The normalized spacial score (nSPS) is 29.1. The first-order valence-electron chi connectivity index (χ1n) is 6.74. The summed E-state index contributed by atoms with van der Waals surface area (Å²) < 4.78 is 1.83. The van der Waals surface area contributed by atoms with Crippen LogP contribution in [0.2, 0.25) is 0 Å². The predicted molar refractivity (Wildman–Crippen MR) is 68.5 cm³/mol. The highest BCUT2D eigenvalue weighted by molar-refractivity contribution is 5.17. The zero-order chi connectivity index (χ0) is 13.2. The maximum absolute atomic E-state index is 10.6. The lowest BCUT2D eigenvalue weighted by molar-refractivity contribution is 0.0566. The van der Waals surface area contributed by atoms with Gasteiger partial charge in [0, 0.05) is 12.7 Å². The standard InChI is InChI=1S/C14H21N3O/c1-3-8-17-12(5-7-16-17)13(18)14(10-15)6-4-11(2)9-14/h5,7,11,13,18H,3-4,6,8-9H2,1-2H3. The van der Waals surface area contributed by atoms with Crippen LogP contribution in [0.3, 0.4) is 0 Å². The zero-order valence-electron chi connectivity index (χ0n) is 11.1. The van der Waals surface area contributed by atoms with Gasteiger partial charge in [0.2, 0.25) is 0 Å². The molecule has 1 fully saturated rings. The number of nitrogens with zero attached hydrogens (tertiary/aromatic N) is 3. The quantitative estimate of drug-likeness (QED) is 0.889. The van der Waals surface area contributed by atoms with E-state index in [1.165, 1.54) is 0 Å². The summed E-state index contributed by atoms with van der Waals surface area (Å²) in [6.07, 6.45) is 4.54. The smallest absolute Gasteiger partial charge is 0.114 e. The summed E-state index contributed by atoms with van der Waals surface area (Å²) in [5, 5.41) is 24.3. The highest BCUT2D eigenvalue weighted by atomic mass is 16.3. The Bertz CT molecular complexity index is 448. The molecule has 3 unspecified atom stereocenters. The maximum atomic E-state index is 10.6. The third-order valence-electron chi connectivity index (χ3n) is 4.01. The molecule has 1 saturated carbocycles. The number of nitriles is 1. The molecule has 0 saturated heterocycles. The van der Waals surface area contributed by atoms with Crippen LogP contribution in [0.15, 0.2) is 12.3 Å². The molecule has 1 aromatic rings. The Morgan fingerprint density at radius 1 is 1.72 bits per heavy atom. The first-order chi connectivity index (χ1) is 8.63. The van der Waals surface area contributed by atoms with Gasteiger partial charge in [-0.2, -0.15) is 10.4 Å². The number of rotatable bonds is 4. The fourth-order valence-electron chi connectivity index (χ4n) is 3.00. The molecule has 1 heterocycles. The van der Waals surface area contributed by atoms with Crippen LogP contribution in [0.4, 0.5) is 0 Å². The summed E-state index contributed by atoms with van der Waals surface area (Å²) in [6.45, 7) is 5.02. The Morgan fingerprint density at radius 3 is 3.06 bits per heavy atom. The van der Waals surface area contributed by atoms with Crippen LogP contribution in [0.1, 0.15) is 51.3 Å². The summed E-state index contributed by atoms with van der Waals surface area (Å²) in [5.74, 6) is 0.516. The molecule has 0 aromatic carbocycles. The highest BCUT2D eigenvalue weighted by Crippen LogP contribution is 2.49. The van der Waals surface area contributed by atoms with Crippen LogP contribution in [-0.4, -0.2) is 14.9 Å². The van der Waals surface area contributed by atoms with E-state index in [4.69, 9.17) is 0 Å². The van der Waals surface area contributed by atoms with E-state index in [1.54, 1.807) is 6.20 Å². The Kier molecular flexibility index (Phi) is 3.72. The average molecular weight is 247 g/mol. The zero-order valence-corrected chi connectivity index (χ0v) is 11.1. The Hall–Kier alpha value is -1.34. The highest BCUT2D eigenvalue weighted by Gasteiger charge is 2.45. The van der Waals surface area contributed by atoms with E-state index in [9.17, 15) is 10.4 Å². The van der Waals surface area contributed by atoms with Crippen molar-refractivity contribution >= 4 is 0 Å². The third kappa shape index (κ3) is 2.15. The van der Waals surface area contributed by atoms with Crippen molar-refractivity contribution in [3.05, 3.63) is 18.0 Å². The van der Waals surface area contributed by atoms with Crippen molar-refractivity contribution < 1.29 is 5.11 Å². The molecule has 0 aliphatic heterocycles. The van der Waals surface area contributed by atoms with E-state index in [2.05, 4.69) is 25.0 Å². The lowest BCUT2D eigenvalue weighted by Gasteiger charge is -2.27. The summed E-state index contributed by atoms with van der Waals surface area (Å²) in [7, 11) is 0. The van der Waals surface area contributed by atoms with E-state index in [-0.39, 0.29) is 0 Å². The molecule has 18 heavy (non-hydrogen) atoms. The topological polar surface area (TPSA) is 61.8 Å². The lowest BCUT2D eigenvalue weighted by atomic mass is 9.79. The molecule has 0 radical (unpaired) electrons. The molecule has 1 aliphatic rings. The predicted octanol–water partition coefficient (Wildman–Crippen LogP) is 2.66. The number of aliphatic hydroxyl groups excluding tert-OH is 1. The summed E-state index contributed by atoms with van der Waals surface area (Å²) in [6, 6.07) is 4.21. The van der Waals surface area contributed by atoms with Crippen LogP contribution in [-0.2, 0) is 6.54 Å². The minimum absolute atomic E-state index is 0.516. The number of aliphatic hydroxyl groups is 1. The van der Waals surface area contributed by atoms with Crippen molar-refractivity contribution in [1.29, 1.82) is 5.26 Å². The minimum Gasteiger partial charge on any atom is -0.385 e. The van der Waals surface area contributed by atoms with Crippen molar-refractivity contribution in [2.24, 2.45) is 11.3 Å². The lowest BCUT2D eigenvalue weighted by Crippen LogP contribution is -2.26. The van der Waals surface area contributed by atoms with Crippen molar-refractivity contribution in [3.8, 4) is 6.07 Å². The number of aromatic nitrogens is 2. The van der Waals surface area contributed by atoms with Crippen LogP contribution in [0.5, 0.6) is 0 Å². The Labute approximate surface area is 108 Å². The molecule has 2 rings (SSSR count). The molecule has 0 bridgehead atoms. The number of hydrogen-bond donors (Lipinski definition) is 1. The van der Waals surface area contributed by atoms with Gasteiger partial charge in [-0.15, -0.1) is 0 Å². The van der Waals surface area contributed by atoms with E-state index in [0.717, 1.165) is 37.9 Å². The maximum Gasteiger partial charge on any atom is 0.114 e. The Balaban J connectivity index is 2.27. The van der Waals surface area contributed by atoms with E-state index >= 15 is 0 Å². The van der Waals surface area contributed by atoms with Gasteiger partial charge in [0.15, 0.2) is 0 Å². The minimum atomic E-state index is -0.721. The largest absolute Gasteiger partial charge is 0.385 e. The molecule has 1 N–H and O–H groups in total. The van der Waals surface area contributed by atoms with Gasteiger partial charge in [-0.3, -0.25) is 4.68 Å². The molecule has 98 valence electrons. The first-order valence-corrected chi connectivity index (χ1v) is 6.74. The molecule has 0 spiro atoms. The molecular weight excluding hydrogens is 226 g/mol. The summed E-state index contributed by atoms with van der Waals surface area (Å²) >= 11 is 0. The third-order valence-corrected chi connectivity index (χ3v) is 4.01. The molecule has 3 atom stereocenters. The number of hydrogen-bond acceptors (Lipinski definition) is 3. The second-order valence-electron chi connectivity index (χ2n) is 5.50. The monoisotopic (exact) mass is 247 g/mol. The molecule has 4 nitrogen and oxygen atoms in total. The summed E-state index contributed by atoms with van der Waals surface area (Å²) in [4.78, 5) is 0. The van der Waals surface area contributed by atoms with Gasteiger partial charge in [-0.1, -0.05) is 13.8 Å². The fraction of sp³-hybridized carbons (Fsp3) is 0.714. The van der Waals surface area contributed by atoms with Gasteiger partial charge in [0.25, 0.3) is 0 Å². The molecule has 4 heteroatoms. The van der Waals surface area contributed by atoms with Crippen LogP contribution in [0.25, 0.3) is 0 Å². The summed E-state index contributed by atoms with van der Waals surface area (Å²) in [5.41, 5.74) is 0.165. The van der Waals surface area contributed by atoms with Gasteiger partial charge in [0.05, 0.1) is 17.2 Å². The SMILES string of the molecule is CCCn1nccc1C(O)C1(C#N)CCC(C)C1. The average Bonchev–Trinajstić information content (AvgIpc) is 2.96. The first kappa shape index (κ1) is 13.1. The molecular formula is C14H21N3O. The van der Waals surface area contributed by atoms with Gasteiger partial charge < -0.3 is 5.11 Å². The number of aryl methyl sites for hydroxylation is 1. The van der Waals surface area contributed by atoms with Crippen molar-refractivity contribution in [2.45, 2.75) is 52.2 Å². The van der Waals surface area contributed by atoms with Gasteiger partial charge in [0.1, 0.15) is 6.10 Å². The molecule has 1 aliphatic carbocycles. The van der Waals surface area contributed by atoms with Crippen molar-refractivity contribution in [3.63, 3.8) is 0 Å². The van der Waals surface area contributed by atoms with Crippen LogP contribution < -0.4 is 0 Å². The van der Waals surface area contributed by atoms with Crippen LogP contribution >= 0.6 is 0 Å². The van der Waals surface area contributed by atoms with Gasteiger partial charge in [-0.05, 0) is 37.7 Å². The fourth-order valence-corrected chi connectivity index (χ4v) is 3.00.